The Balaban J connectivity index is 1.87. The quantitative estimate of drug-likeness (QED) is 0.370. The van der Waals surface area contributed by atoms with Gasteiger partial charge >= 0.3 is 0 Å². The van der Waals surface area contributed by atoms with Crippen molar-refractivity contribution in [2.24, 2.45) is 5.10 Å². The van der Waals surface area contributed by atoms with Crippen LogP contribution in [0.15, 0.2) is 82.8 Å². The number of hydrogen-bond acceptors (Lipinski definition) is 4. The molecule has 3 aromatic carbocycles. The number of carbonyl (C=O) groups excluding carboxylic acids is 1. The zero-order valence-electron chi connectivity index (χ0n) is 15.9. The number of nitrogens with zero attached hydrogens (tertiary/aromatic N) is 2. The first-order valence-electron chi connectivity index (χ1n) is 8.88. The van der Waals surface area contributed by atoms with Crippen LogP contribution in [0.1, 0.15) is 5.56 Å². The van der Waals surface area contributed by atoms with Gasteiger partial charge in [-0.3, -0.25) is 9.10 Å². The molecule has 0 saturated carbocycles. The Bertz CT molecular complexity index is 1220. The second-order valence-electron chi connectivity index (χ2n) is 6.24. The molecule has 3 rings (SSSR count). The highest BCUT2D eigenvalue weighted by molar-refractivity contribution is 7.92. The topological polar surface area (TPSA) is 78.8 Å². The fourth-order valence-corrected chi connectivity index (χ4v) is 4.51. The van der Waals surface area contributed by atoms with Gasteiger partial charge in [0.15, 0.2) is 0 Å². The molecule has 0 unspecified atom stereocenters. The fraction of sp³-hybridized carbons (Fsp3) is 0.0476. The lowest BCUT2D eigenvalue weighted by Gasteiger charge is -2.24. The minimum absolute atomic E-state index is 0.0217. The Morgan fingerprint density at radius 3 is 2.26 bits per heavy atom. The first-order valence-corrected chi connectivity index (χ1v) is 11.5. The summed E-state index contributed by atoms with van der Waals surface area (Å²) in [5.41, 5.74) is 3.10. The van der Waals surface area contributed by atoms with E-state index in [4.69, 9.17) is 34.8 Å². The zero-order chi connectivity index (χ0) is 22.4. The van der Waals surface area contributed by atoms with E-state index < -0.39 is 22.5 Å². The smallest absolute Gasteiger partial charge is 0.264 e. The fourth-order valence-electron chi connectivity index (χ4n) is 2.59. The first kappa shape index (κ1) is 23.1. The van der Waals surface area contributed by atoms with E-state index in [0.717, 1.165) is 4.31 Å². The van der Waals surface area contributed by atoms with Crippen molar-refractivity contribution in [1.82, 2.24) is 5.43 Å². The maximum Gasteiger partial charge on any atom is 0.264 e. The molecule has 0 aliphatic rings. The van der Waals surface area contributed by atoms with Gasteiger partial charge in [0.25, 0.3) is 15.9 Å². The van der Waals surface area contributed by atoms with Gasteiger partial charge in [-0.15, -0.1) is 0 Å². The standard InChI is InChI=1S/C21H16Cl3N3O3S/c22-18-9-5-4-6-15(18)13-25-26-21(28)14-27(16-10-11-19(23)20(24)12-16)31(29,30)17-7-2-1-3-8-17/h1-13H,14H2,(H,26,28)/b25-13+. The molecule has 1 N–H and O–H groups in total. The number of nitrogens with one attached hydrogen (secondary N) is 1. The molecule has 31 heavy (non-hydrogen) atoms. The van der Waals surface area contributed by atoms with Crippen molar-refractivity contribution in [2.45, 2.75) is 4.90 Å². The van der Waals surface area contributed by atoms with Gasteiger partial charge in [0.05, 0.1) is 26.8 Å². The average molecular weight is 497 g/mol. The van der Waals surface area contributed by atoms with Crippen molar-refractivity contribution in [2.75, 3.05) is 10.8 Å². The van der Waals surface area contributed by atoms with E-state index in [9.17, 15) is 13.2 Å². The number of hydrazone groups is 1. The summed E-state index contributed by atoms with van der Waals surface area (Å²) >= 11 is 18.1. The molecule has 3 aromatic rings. The molecule has 0 bridgehead atoms. The third kappa shape index (κ3) is 5.77. The number of amides is 1. The van der Waals surface area contributed by atoms with Crippen molar-refractivity contribution in [3.63, 3.8) is 0 Å². The minimum Gasteiger partial charge on any atom is -0.271 e. The van der Waals surface area contributed by atoms with Crippen LogP contribution in [0, 0.1) is 0 Å². The Hall–Kier alpha value is -2.58. The van der Waals surface area contributed by atoms with Gasteiger partial charge in [-0.1, -0.05) is 71.2 Å². The van der Waals surface area contributed by atoms with Crippen LogP contribution >= 0.6 is 34.8 Å². The number of rotatable bonds is 7. The third-order valence-corrected chi connectivity index (χ3v) is 6.98. The predicted octanol–water partition coefficient (Wildman–Crippen LogP) is 4.99. The SMILES string of the molecule is O=C(CN(c1ccc(Cl)c(Cl)c1)S(=O)(=O)c1ccccc1)N/N=C/c1ccccc1Cl. The molecule has 0 aliphatic heterocycles. The van der Waals surface area contributed by atoms with Crippen molar-refractivity contribution in [3.05, 3.63) is 93.4 Å². The zero-order valence-corrected chi connectivity index (χ0v) is 19.0. The normalized spacial score (nSPS) is 11.5. The highest BCUT2D eigenvalue weighted by Crippen LogP contribution is 2.30. The molecular formula is C21H16Cl3N3O3S. The monoisotopic (exact) mass is 495 g/mol. The highest BCUT2D eigenvalue weighted by atomic mass is 35.5. The van der Waals surface area contributed by atoms with Crippen molar-refractivity contribution in [1.29, 1.82) is 0 Å². The summed E-state index contributed by atoms with van der Waals surface area (Å²) < 4.78 is 27.4. The van der Waals surface area contributed by atoms with Gasteiger partial charge in [0.2, 0.25) is 0 Å². The Labute approximate surface area is 195 Å². The van der Waals surface area contributed by atoms with Crippen molar-refractivity contribution in [3.8, 4) is 0 Å². The van der Waals surface area contributed by atoms with E-state index in [1.54, 1.807) is 42.5 Å². The lowest BCUT2D eigenvalue weighted by atomic mass is 10.2. The summed E-state index contributed by atoms with van der Waals surface area (Å²) in [6.45, 7) is -0.533. The van der Waals surface area contributed by atoms with Crippen LogP contribution < -0.4 is 9.73 Å². The summed E-state index contributed by atoms with van der Waals surface area (Å²) in [4.78, 5) is 12.5. The van der Waals surface area contributed by atoms with Gasteiger partial charge in [0, 0.05) is 10.6 Å². The second kappa shape index (κ2) is 10.2. The Kier molecular flexibility index (Phi) is 7.56. The third-order valence-electron chi connectivity index (χ3n) is 4.11. The van der Waals surface area contributed by atoms with Crippen LogP contribution in [0.5, 0.6) is 0 Å². The number of anilines is 1. The maximum atomic E-state index is 13.2. The van der Waals surface area contributed by atoms with Gasteiger partial charge in [0.1, 0.15) is 6.54 Å². The van der Waals surface area contributed by atoms with Crippen LogP contribution in [-0.4, -0.2) is 27.1 Å². The molecule has 0 aliphatic carbocycles. The number of hydrogen-bond donors (Lipinski definition) is 1. The molecule has 0 atom stereocenters. The molecule has 0 radical (unpaired) electrons. The van der Waals surface area contributed by atoms with E-state index in [0.29, 0.717) is 10.6 Å². The lowest BCUT2D eigenvalue weighted by molar-refractivity contribution is -0.119. The van der Waals surface area contributed by atoms with E-state index in [1.165, 1.54) is 36.5 Å². The van der Waals surface area contributed by atoms with E-state index >= 15 is 0 Å². The maximum absolute atomic E-state index is 13.2. The summed E-state index contributed by atoms with van der Waals surface area (Å²) in [7, 11) is -4.06. The second-order valence-corrected chi connectivity index (χ2v) is 9.32. The number of benzene rings is 3. The highest BCUT2D eigenvalue weighted by Gasteiger charge is 2.27. The summed E-state index contributed by atoms with van der Waals surface area (Å²) in [6.07, 6.45) is 1.37. The van der Waals surface area contributed by atoms with Crippen molar-refractivity contribution >= 4 is 62.6 Å². The van der Waals surface area contributed by atoms with Gasteiger partial charge < -0.3 is 0 Å². The van der Waals surface area contributed by atoms with E-state index in [1.807, 2.05) is 0 Å². The molecule has 0 spiro atoms. The Morgan fingerprint density at radius 1 is 0.903 bits per heavy atom. The lowest BCUT2D eigenvalue weighted by Crippen LogP contribution is -2.39. The minimum atomic E-state index is -4.06. The molecular weight excluding hydrogens is 481 g/mol. The summed E-state index contributed by atoms with van der Waals surface area (Å²) in [5, 5.41) is 4.74. The molecule has 160 valence electrons. The summed E-state index contributed by atoms with van der Waals surface area (Å²) in [5.74, 6) is -0.658. The molecule has 0 fully saturated rings. The first-order chi connectivity index (χ1) is 14.8. The predicted molar refractivity (Wildman–Crippen MR) is 125 cm³/mol. The number of halogens is 3. The largest absolute Gasteiger partial charge is 0.271 e. The Morgan fingerprint density at radius 2 is 1.58 bits per heavy atom. The average Bonchev–Trinajstić information content (AvgIpc) is 2.76. The molecule has 10 heteroatoms. The van der Waals surface area contributed by atoms with Crippen LogP contribution in [0.2, 0.25) is 15.1 Å². The van der Waals surface area contributed by atoms with Crippen LogP contribution in [0.25, 0.3) is 0 Å². The molecule has 0 heterocycles. The number of carbonyl (C=O) groups is 1. The number of sulfonamides is 1. The van der Waals surface area contributed by atoms with Gasteiger partial charge in [-0.25, -0.2) is 13.8 Å². The molecule has 0 aromatic heterocycles. The van der Waals surface area contributed by atoms with Gasteiger partial charge in [-0.05, 0) is 36.4 Å². The molecule has 0 saturated heterocycles. The van der Waals surface area contributed by atoms with Crippen LogP contribution in [0.4, 0.5) is 5.69 Å². The summed E-state index contributed by atoms with van der Waals surface area (Å²) in [6, 6.07) is 19.0. The van der Waals surface area contributed by atoms with Crippen LogP contribution in [0.3, 0.4) is 0 Å². The molecule has 6 nitrogen and oxygen atoms in total. The van der Waals surface area contributed by atoms with E-state index in [2.05, 4.69) is 10.5 Å². The molecule has 1 amide bonds. The van der Waals surface area contributed by atoms with Crippen molar-refractivity contribution < 1.29 is 13.2 Å². The van der Waals surface area contributed by atoms with E-state index in [-0.39, 0.29) is 20.6 Å². The van der Waals surface area contributed by atoms with Crippen LogP contribution in [-0.2, 0) is 14.8 Å². The van der Waals surface area contributed by atoms with Gasteiger partial charge in [-0.2, -0.15) is 5.10 Å².